The van der Waals surface area contributed by atoms with Gasteiger partial charge in [-0.3, -0.25) is 14.9 Å². The van der Waals surface area contributed by atoms with Crippen LogP contribution >= 0.6 is 0 Å². The molecular formula is C13H12N2O6. The van der Waals surface area contributed by atoms with E-state index >= 15 is 0 Å². The molecule has 0 saturated heterocycles. The average molecular weight is 292 g/mol. The lowest BCUT2D eigenvalue weighted by Crippen LogP contribution is -2.18. The van der Waals surface area contributed by atoms with Gasteiger partial charge < -0.3 is 14.5 Å². The highest BCUT2D eigenvalue weighted by Gasteiger charge is 2.20. The second-order valence-electron chi connectivity index (χ2n) is 4.08. The minimum absolute atomic E-state index is 0.00777. The number of carbonyl (C=O) groups excluding carboxylic acids is 1. The third-order valence-electron chi connectivity index (χ3n) is 2.87. The Bertz CT molecular complexity index is 780. The van der Waals surface area contributed by atoms with Crippen LogP contribution in [0.15, 0.2) is 23.1 Å². The zero-order chi connectivity index (χ0) is 15.6. The maximum atomic E-state index is 12.3. The quantitative estimate of drug-likeness (QED) is 0.520. The molecule has 1 aromatic heterocycles. The van der Waals surface area contributed by atoms with E-state index in [1.165, 1.54) is 19.2 Å². The summed E-state index contributed by atoms with van der Waals surface area (Å²) >= 11 is 0. The number of hydrogen-bond donors (Lipinski definition) is 1. The predicted octanol–water partition coefficient (Wildman–Crippen LogP) is 1.62. The van der Waals surface area contributed by atoms with Crippen LogP contribution in [-0.2, 0) is 4.74 Å². The van der Waals surface area contributed by atoms with Gasteiger partial charge in [0, 0.05) is 6.20 Å². The van der Waals surface area contributed by atoms with Crippen LogP contribution in [0.4, 0.5) is 5.69 Å². The van der Waals surface area contributed by atoms with E-state index in [0.717, 1.165) is 6.20 Å². The summed E-state index contributed by atoms with van der Waals surface area (Å²) in [5.74, 6) is -0.633. The number of esters is 1. The maximum absolute atomic E-state index is 12.3. The molecule has 0 radical (unpaired) electrons. The van der Waals surface area contributed by atoms with Crippen LogP contribution in [0, 0.1) is 10.1 Å². The molecule has 2 aromatic rings. The first-order chi connectivity index (χ1) is 9.99. The smallest absolute Gasteiger partial charge is 0.343 e. The summed E-state index contributed by atoms with van der Waals surface area (Å²) < 4.78 is 9.71. The Balaban J connectivity index is 2.78. The van der Waals surface area contributed by atoms with Crippen molar-refractivity contribution in [3.63, 3.8) is 0 Å². The second kappa shape index (κ2) is 5.61. The summed E-state index contributed by atoms with van der Waals surface area (Å²) in [4.78, 5) is 37.0. The Morgan fingerprint density at radius 2 is 2.14 bits per heavy atom. The molecule has 1 heterocycles. The number of pyridine rings is 1. The minimum atomic E-state index is -0.786. The standard InChI is InChI=1S/C13H12N2O6/c1-3-21-13(17)9-6-14-11-8(12(9)16)4-7(20-2)5-10(11)15(18)19/h4-6H,3H2,1-2H3,(H,14,16). The fourth-order valence-corrected chi connectivity index (χ4v) is 1.91. The van der Waals surface area contributed by atoms with Crippen molar-refractivity contribution in [2.24, 2.45) is 0 Å². The molecule has 110 valence electrons. The monoisotopic (exact) mass is 292 g/mol. The van der Waals surface area contributed by atoms with Gasteiger partial charge in [-0.1, -0.05) is 0 Å². The molecule has 0 aliphatic carbocycles. The molecule has 0 bridgehead atoms. The number of benzene rings is 1. The highest BCUT2D eigenvalue weighted by Crippen LogP contribution is 2.27. The van der Waals surface area contributed by atoms with Gasteiger partial charge in [0.2, 0.25) is 5.43 Å². The first kappa shape index (κ1) is 14.5. The van der Waals surface area contributed by atoms with Crippen molar-refractivity contribution in [3.8, 4) is 5.75 Å². The Hall–Kier alpha value is -2.90. The van der Waals surface area contributed by atoms with Gasteiger partial charge in [-0.25, -0.2) is 4.79 Å². The van der Waals surface area contributed by atoms with Crippen LogP contribution in [0.5, 0.6) is 5.75 Å². The molecule has 0 spiro atoms. The first-order valence-electron chi connectivity index (χ1n) is 6.04. The van der Waals surface area contributed by atoms with E-state index in [4.69, 9.17) is 9.47 Å². The van der Waals surface area contributed by atoms with Crippen molar-refractivity contribution >= 4 is 22.6 Å². The molecule has 0 aliphatic heterocycles. The van der Waals surface area contributed by atoms with Gasteiger partial charge in [-0.05, 0) is 13.0 Å². The Morgan fingerprint density at radius 3 is 2.71 bits per heavy atom. The minimum Gasteiger partial charge on any atom is -0.496 e. The number of nitrogens with one attached hydrogen (secondary N) is 1. The van der Waals surface area contributed by atoms with E-state index in [-0.39, 0.29) is 34.5 Å². The lowest BCUT2D eigenvalue weighted by molar-refractivity contribution is -0.383. The van der Waals surface area contributed by atoms with Gasteiger partial charge in [-0.2, -0.15) is 0 Å². The van der Waals surface area contributed by atoms with E-state index in [9.17, 15) is 19.7 Å². The van der Waals surface area contributed by atoms with Crippen molar-refractivity contribution in [1.82, 2.24) is 4.98 Å². The molecule has 1 N–H and O–H groups in total. The van der Waals surface area contributed by atoms with Crippen molar-refractivity contribution in [3.05, 3.63) is 44.2 Å². The van der Waals surface area contributed by atoms with E-state index < -0.39 is 16.3 Å². The summed E-state index contributed by atoms with van der Waals surface area (Å²) in [6.07, 6.45) is 1.11. The molecule has 0 unspecified atom stereocenters. The van der Waals surface area contributed by atoms with Gasteiger partial charge >= 0.3 is 5.97 Å². The number of ether oxygens (including phenoxy) is 2. The highest BCUT2D eigenvalue weighted by atomic mass is 16.6. The number of carbonyl (C=O) groups is 1. The van der Waals surface area contributed by atoms with E-state index in [1.54, 1.807) is 6.92 Å². The summed E-state index contributed by atoms with van der Waals surface area (Å²) in [6, 6.07) is 2.53. The molecular weight excluding hydrogens is 280 g/mol. The summed E-state index contributed by atoms with van der Waals surface area (Å²) in [7, 11) is 1.33. The molecule has 0 fully saturated rings. The van der Waals surface area contributed by atoms with Crippen LogP contribution in [0.25, 0.3) is 10.9 Å². The number of nitro groups is 1. The largest absolute Gasteiger partial charge is 0.496 e. The van der Waals surface area contributed by atoms with Crippen molar-refractivity contribution in [2.75, 3.05) is 13.7 Å². The van der Waals surface area contributed by atoms with Crippen LogP contribution in [0.1, 0.15) is 17.3 Å². The number of non-ortho nitro benzene ring substituents is 1. The molecule has 1 aromatic carbocycles. The third kappa shape index (κ3) is 2.55. The molecule has 0 aliphatic rings. The topological polar surface area (TPSA) is 112 Å². The van der Waals surface area contributed by atoms with Gasteiger partial charge in [-0.15, -0.1) is 0 Å². The second-order valence-corrected chi connectivity index (χ2v) is 4.08. The molecule has 21 heavy (non-hydrogen) atoms. The van der Waals surface area contributed by atoms with E-state index in [1.807, 2.05) is 0 Å². The Labute approximate surface area is 118 Å². The molecule has 0 saturated carbocycles. The first-order valence-corrected chi connectivity index (χ1v) is 6.04. The van der Waals surface area contributed by atoms with Gasteiger partial charge in [0.1, 0.15) is 16.8 Å². The fraction of sp³-hybridized carbons (Fsp3) is 0.231. The van der Waals surface area contributed by atoms with Crippen molar-refractivity contribution < 1.29 is 19.2 Å². The number of rotatable bonds is 4. The van der Waals surface area contributed by atoms with Crippen LogP contribution in [0.3, 0.4) is 0 Å². The third-order valence-corrected chi connectivity index (χ3v) is 2.87. The lowest BCUT2D eigenvalue weighted by atomic mass is 10.1. The van der Waals surface area contributed by atoms with Gasteiger partial charge in [0.05, 0.1) is 30.1 Å². The normalized spacial score (nSPS) is 10.4. The zero-order valence-corrected chi connectivity index (χ0v) is 11.3. The molecule has 2 rings (SSSR count). The highest BCUT2D eigenvalue weighted by molar-refractivity contribution is 5.96. The lowest BCUT2D eigenvalue weighted by Gasteiger charge is -2.06. The molecule has 8 nitrogen and oxygen atoms in total. The van der Waals surface area contributed by atoms with Crippen LogP contribution < -0.4 is 10.2 Å². The predicted molar refractivity (Wildman–Crippen MR) is 73.7 cm³/mol. The number of fused-ring (bicyclic) bond motifs is 1. The summed E-state index contributed by atoms with van der Waals surface area (Å²) in [6.45, 7) is 1.73. The van der Waals surface area contributed by atoms with Gasteiger partial charge in [0.25, 0.3) is 5.69 Å². The summed E-state index contributed by atoms with van der Waals surface area (Å²) in [5.41, 5.74) is -1.15. The number of nitrogens with zero attached hydrogens (tertiary/aromatic N) is 1. The van der Waals surface area contributed by atoms with E-state index in [0.29, 0.717) is 0 Å². The SMILES string of the molecule is CCOC(=O)c1c[nH]c2c([N+](=O)[O-])cc(OC)cc2c1=O. The van der Waals surface area contributed by atoms with Crippen molar-refractivity contribution in [1.29, 1.82) is 0 Å². The van der Waals surface area contributed by atoms with Crippen molar-refractivity contribution in [2.45, 2.75) is 6.92 Å². The number of hydrogen-bond acceptors (Lipinski definition) is 6. The average Bonchev–Trinajstić information content (AvgIpc) is 2.46. The number of H-pyrrole nitrogens is 1. The Kier molecular flexibility index (Phi) is 3.88. The number of nitro benzene ring substituents is 1. The maximum Gasteiger partial charge on any atom is 0.343 e. The van der Waals surface area contributed by atoms with Gasteiger partial charge in [0.15, 0.2) is 0 Å². The number of methoxy groups -OCH3 is 1. The fourth-order valence-electron chi connectivity index (χ4n) is 1.91. The Morgan fingerprint density at radius 1 is 1.43 bits per heavy atom. The molecule has 0 amide bonds. The van der Waals surface area contributed by atoms with Crippen LogP contribution in [0.2, 0.25) is 0 Å². The number of aromatic nitrogens is 1. The summed E-state index contributed by atoms with van der Waals surface area (Å²) in [5, 5.41) is 11.0. The molecule has 8 heteroatoms. The van der Waals surface area contributed by atoms with Crippen LogP contribution in [-0.4, -0.2) is 29.6 Å². The zero-order valence-electron chi connectivity index (χ0n) is 11.3. The molecule has 0 atom stereocenters. The van der Waals surface area contributed by atoms with E-state index in [2.05, 4.69) is 4.98 Å². The number of aromatic amines is 1.